The number of nitrogens with one attached hydrogen (secondary N) is 1. The van der Waals surface area contributed by atoms with Gasteiger partial charge in [-0.1, -0.05) is 18.2 Å². The minimum absolute atomic E-state index is 0.146. The maximum atomic E-state index is 12.4. The van der Waals surface area contributed by atoms with Crippen molar-refractivity contribution in [2.45, 2.75) is 30.6 Å². The fourth-order valence-corrected chi connectivity index (χ4v) is 4.19. The fraction of sp³-hybridized carbons (Fsp3) is 0.316. The molecule has 1 saturated heterocycles. The molecule has 3 rings (SSSR count). The summed E-state index contributed by atoms with van der Waals surface area (Å²) in [6, 6.07) is 11.6. The Bertz CT molecular complexity index is 967. The molecule has 0 atom stereocenters. The minimum Gasteiger partial charge on any atom is -0.343 e. The average molecular weight is 403 g/mol. The molecule has 2 aromatic rings. The molecule has 1 amide bonds. The van der Waals surface area contributed by atoms with Gasteiger partial charge in [0.1, 0.15) is 0 Å². The molecular formula is C19H21N3O5S. The molecule has 1 aliphatic heterocycles. The first kappa shape index (κ1) is 19.8. The largest absolute Gasteiger partial charge is 0.343 e. The number of nitro benzene ring substituents is 1. The van der Waals surface area contributed by atoms with Gasteiger partial charge >= 0.3 is 0 Å². The zero-order chi connectivity index (χ0) is 20.1. The summed E-state index contributed by atoms with van der Waals surface area (Å²) >= 11 is 0. The summed E-state index contributed by atoms with van der Waals surface area (Å²) in [5.74, 6) is 0.146. The quantitative estimate of drug-likeness (QED) is 0.565. The highest BCUT2D eigenvalue weighted by atomic mass is 32.2. The molecule has 0 spiro atoms. The number of hydrogen-bond acceptors (Lipinski definition) is 5. The van der Waals surface area contributed by atoms with E-state index < -0.39 is 14.9 Å². The zero-order valence-electron chi connectivity index (χ0n) is 15.2. The molecule has 0 aromatic heterocycles. The molecule has 9 heteroatoms. The summed E-state index contributed by atoms with van der Waals surface area (Å²) < 4.78 is 27.3. The van der Waals surface area contributed by atoms with Crippen molar-refractivity contribution in [2.75, 3.05) is 17.8 Å². The van der Waals surface area contributed by atoms with Crippen LogP contribution in [0, 0.1) is 10.1 Å². The highest BCUT2D eigenvalue weighted by Gasteiger charge is 2.19. The second-order valence-corrected chi connectivity index (χ2v) is 8.33. The molecular weight excluding hydrogens is 382 g/mol. The van der Waals surface area contributed by atoms with Gasteiger partial charge < -0.3 is 4.90 Å². The van der Waals surface area contributed by atoms with Crippen LogP contribution in [0.15, 0.2) is 53.4 Å². The van der Waals surface area contributed by atoms with Crippen LogP contribution in [-0.2, 0) is 21.2 Å². The molecule has 28 heavy (non-hydrogen) atoms. The summed E-state index contributed by atoms with van der Waals surface area (Å²) in [5.41, 5.74) is 0.993. The summed E-state index contributed by atoms with van der Waals surface area (Å²) in [6.07, 6.45) is 3.14. The molecule has 8 nitrogen and oxygen atoms in total. The van der Waals surface area contributed by atoms with Crippen LogP contribution in [0.3, 0.4) is 0 Å². The number of amides is 1. The van der Waals surface area contributed by atoms with E-state index in [1.165, 1.54) is 18.2 Å². The average Bonchev–Trinajstić information content (AvgIpc) is 3.22. The number of nitro groups is 1. The van der Waals surface area contributed by atoms with Gasteiger partial charge in [-0.3, -0.25) is 19.6 Å². The SMILES string of the molecule is O=C(CCc1ccc(NS(=O)(=O)c2cccc([N+](=O)[O-])c2)cc1)N1CCCC1. The van der Waals surface area contributed by atoms with Crippen LogP contribution >= 0.6 is 0 Å². The van der Waals surface area contributed by atoms with E-state index in [9.17, 15) is 23.3 Å². The molecule has 0 radical (unpaired) electrons. The lowest BCUT2D eigenvalue weighted by Crippen LogP contribution is -2.27. The van der Waals surface area contributed by atoms with E-state index in [0.717, 1.165) is 37.6 Å². The molecule has 1 heterocycles. The van der Waals surface area contributed by atoms with Gasteiger partial charge in [0.15, 0.2) is 0 Å². The maximum absolute atomic E-state index is 12.4. The summed E-state index contributed by atoms with van der Waals surface area (Å²) in [6.45, 7) is 1.66. The van der Waals surface area contributed by atoms with E-state index in [4.69, 9.17) is 0 Å². The zero-order valence-corrected chi connectivity index (χ0v) is 16.0. The third-order valence-electron chi connectivity index (χ3n) is 4.63. The third kappa shape index (κ3) is 4.86. The van der Waals surface area contributed by atoms with Gasteiger partial charge in [0.05, 0.1) is 9.82 Å². The molecule has 0 bridgehead atoms. The lowest BCUT2D eigenvalue weighted by Gasteiger charge is -2.15. The number of non-ortho nitro benzene ring substituents is 1. The van der Waals surface area contributed by atoms with Crippen molar-refractivity contribution in [3.63, 3.8) is 0 Å². The van der Waals surface area contributed by atoms with Gasteiger partial charge in [0, 0.05) is 37.3 Å². The second kappa shape index (κ2) is 8.39. The number of nitrogens with zero attached hydrogens (tertiary/aromatic N) is 2. The lowest BCUT2D eigenvalue weighted by molar-refractivity contribution is -0.385. The van der Waals surface area contributed by atoms with Crippen LogP contribution in [0.4, 0.5) is 11.4 Å². The van der Waals surface area contributed by atoms with Gasteiger partial charge in [0.25, 0.3) is 15.7 Å². The summed E-state index contributed by atoms with van der Waals surface area (Å²) in [7, 11) is -3.93. The maximum Gasteiger partial charge on any atom is 0.270 e. The standard InChI is InChI=1S/C19H21N3O5S/c23-19(21-12-1-2-13-21)11-8-15-6-9-16(10-7-15)20-28(26,27)18-5-3-4-17(14-18)22(24)25/h3-7,9-10,14,20H,1-2,8,11-13H2. The van der Waals surface area contributed by atoms with Crippen LogP contribution in [-0.4, -0.2) is 37.2 Å². The Morgan fingerprint density at radius 3 is 2.43 bits per heavy atom. The molecule has 0 aliphatic carbocycles. The van der Waals surface area contributed by atoms with E-state index in [1.54, 1.807) is 24.3 Å². The van der Waals surface area contributed by atoms with Crippen molar-refractivity contribution in [3.8, 4) is 0 Å². The van der Waals surface area contributed by atoms with Crippen molar-refractivity contribution in [2.24, 2.45) is 0 Å². The summed E-state index contributed by atoms with van der Waals surface area (Å²) in [5, 5.41) is 10.8. The van der Waals surface area contributed by atoms with Crippen LogP contribution in [0.1, 0.15) is 24.8 Å². The minimum atomic E-state index is -3.93. The first-order valence-electron chi connectivity index (χ1n) is 8.99. The number of anilines is 1. The van der Waals surface area contributed by atoms with Gasteiger partial charge in [-0.05, 0) is 43.0 Å². The van der Waals surface area contributed by atoms with Crippen LogP contribution < -0.4 is 4.72 Å². The van der Waals surface area contributed by atoms with E-state index in [0.29, 0.717) is 18.5 Å². The number of benzene rings is 2. The number of rotatable bonds is 7. The Balaban J connectivity index is 1.62. The van der Waals surface area contributed by atoms with Crippen molar-refractivity contribution in [1.82, 2.24) is 4.90 Å². The Kier molecular flexibility index (Phi) is 5.93. The first-order chi connectivity index (χ1) is 13.3. The summed E-state index contributed by atoms with van der Waals surface area (Å²) in [4.78, 5) is 24.0. The van der Waals surface area contributed by atoms with Gasteiger partial charge in [0.2, 0.25) is 5.91 Å². The second-order valence-electron chi connectivity index (χ2n) is 6.64. The topological polar surface area (TPSA) is 110 Å². The molecule has 0 saturated carbocycles. The monoisotopic (exact) mass is 403 g/mol. The Hall–Kier alpha value is -2.94. The Morgan fingerprint density at radius 1 is 1.11 bits per heavy atom. The first-order valence-corrected chi connectivity index (χ1v) is 10.5. The van der Waals surface area contributed by atoms with Crippen molar-refractivity contribution in [1.29, 1.82) is 0 Å². The molecule has 1 N–H and O–H groups in total. The molecule has 0 unspecified atom stereocenters. The van der Waals surface area contributed by atoms with Crippen LogP contribution in [0.5, 0.6) is 0 Å². The Morgan fingerprint density at radius 2 is 1.79 bits per heavy atom. The number of carbonyl (C=O) groups is 1. The highest BCUT2D eigenvalue weighted by molar-refractivity contribution is 7.92. The van der Waals surface area contributed by atoms with Gasteiger partial charge in [-0.25, -0.2) is 8.42 Å². The van der Waals surface area contributed by atoms with E-state index >= 15 is 0 Å². The normalized spacial score (nSPS) is 14.1. The number of likely N-dealkylation sites (tertiary alicyclic amines) is 1. The predicted molar refractivity (Wildman–Crippen MR) is 104 cm³/mol. The van der Waals surface area contributed by atoms with E-state index in [-0.39, 0.29) is 16.5 Å². The molecule has 1 aliphatic rings. The van der Waals surface area contributed by atoms with Crippen molar-refractivity contribution in [3.05, 3.63) is 64.2 Å². The van der Waals surface area contributed by atoms with Crippen LogP contribution in [0.25, 0.3) is 0 Å². The Labute approximate surface area is 163 Å². The van der Waals surface area contributed by atoms with Crippen LogP contribution in [0.2, 0.25) is 0 Å². The molecule has 148 valence electrons. The number of carbonyl (C=O) groups excluding carboxylic acids is 1. The van der Waals surface area contributed by atoms with Crippen molar-refractivity contribution >= 4 is 27.3 Å². The van der Waals surface area contributed by atoms with Gasteiger partial charge in [-0.2, -0.15) is 0 Å². The highest BCUT2D eigenvalue weighted by Crippen LogP contribution is 2.21. The fourth-order valence-electron chi connectivity index (χ4n) is 3.09. The smallest absolute Gasteiger partial charge is 0.270 e. The predicted octanol–water partition coefficient (Wildman–Crippen LogP) is 2.95. The third-order valence-corrected chi connectivity index (χ3v) is 6.01. The number of sulfonamides is 1. The number of aryl methyl sites for hydroxylation is 1. The van der Waals surface area contributed by atoms with E-state index in [2.05, 4.69) is 4.72 Å². The number of hydrogen-bond donors (Lipinski definition) is 1. The lowest BCUT2D eigenvalue weighted by atomic mass is 10.1. The van der Waals surface area contributed by atoms with Crippen molar-refractivity contribution < 1.29 is 18.1 Å². The molecule has 2 aromatic carbocycles. The molecule has 1 fully saturated rings. The van der Waals surface area contributed by atoms with E-state index in [1.807, 2.05) is 4.90 Å². The van der Waals surface area contributed by atoms with Gasteiger partial charge in [-0.15, -0.1) is 0 Å².